The maximum absolute atomic E-state index is 12.8. The summed E-state index contributed by atoms with van der Waals surface area (Å²) in [6.45, 7) is 6.63. The summed E-state index contributed by atoms with van der Waals surface area (Å²) >= 11 is 0. The number of amides is 1. The average molecular weight is 364 g/mol. The molecule has 0 bridgehead atoms. The topological polar surface area (TPSA) is 54.0 Å². The Hall–Kier alpha value is -2.20. The highest BCUT2D eigenvalue weighted by Gasteiger charge is 2.48. The van der Waals surface area contributed by atoms with Gasteiger partial charge in [0.05, 0.1) is 17.2 Å². The van der Waals surface area contributed by atoms with Crippen molar-refractivity contribution in [1.82, 2.24) is 10.3 Å². The van der Waals surface area contributed by atoms with Crippen molar-refractivity contribution in [2.75, 3.05) is 5.32 Å². The van der Waals surface area contributed by atoms with E-state index in [1.54, 1.807) is 0 Å². The largest absolute Gasteiger partial charge is 0.325 e. The second-order valence-electron chi connectivity index (χ2n) is 8.45. The number of hydrogen-bond donors (Lipinski definition) is 2. The third kappa shape index (κ3) is 3.16. The first-order chi connectivity index (χ1) is 13.0. The highest BCUT2D eigenvalue weighted by Crippen LogP contribution is 2.47. The number of hydrogen-bond acceptors (Lipinski definition) is 3. The number of nitrogens with zero attached hydrogens (tertiary/aromatic N) is 1. The van der Waals surface area contributed by atoms with E-state index in [-0.39, 0.29) is 17.4 Å². The number of rotatable bonds is 4. The van der Waals surface area contributed by atoms with E-state index in [9.17, 15) is 4.79 Å². The van der Waals surface area contributed by atoms with E-state index in [0.29, 0.717) is 12.0 Å². The Bertz CT molecular complexity index is 837. The lowest BCUT2D eigenvalue weighted by Crippen LogP contribution is -2.45. The Balaban J connectivity index is 1.50. The highest BCUT2D eigenvalue weighted by atomic mass is 16.2. The van der Waals surface area contributed by atoms with Crippen LogP contribution in [0.25, 0.3) is 0 Å². The van der Waals surface area contributed by atoms with Gasteiger partial charge < -0.3 is 10.6 Å². The van der Waals surface area contributed by atoms with Gasteiger partial charge in [-0.1, -0.05) is 38.1 Å². The smallest absolute Gasteiger partial charge is 0.235 e. The van der Waals surface area contributed by atoms with Crippen molar-refractivity contribution < 1.29 is 4.79 Å². The van der Waals surface area contributed by atoms with Gasteiger partial charge in [0.2, 0.25) is 5.91 Å². The molecule has 27 heavy (non-hydrogen) atoms. The number of carbonyl (C=O) groups is 1. The van der Waals surface area contributed by atoms with Gasteiger partial charge in [-0.2, -0.15) is 0 Å². The van der Waals surface area contributed by atoms with Gasteiger partial charge in [0.15, 0.2) is 0 Å². The monoisotopic (exact) mass is 363 g/mol. The van der Waals surface area contributed by atoms with E-state index in [1.165, 1.54) is 11.1 Å². The molecule has 1 amide bonds. The maximum atomic E-state index is 12.8. The van der Waals surface area contributed by atoms with Crippen molar-refractivity contribution >= 4 is 11.6 Å². The van der Waals surface area contributed by atoms with Crippen molar-refractivity contribution in [3.63, 3.8) is 0 Å². The molecule has 1 unspecified atom stereocenters. The van der Waals surface area contributed by atoms with Crippen molar-refractivity contribution in [1.29, 1.82) is 0 Å². The van der Waals surface area contributed by atoms with Gasteiger partial charge >= 0.3 is 0 Å². The van der Waals surface area contributed by atoms with Crippen molar-refractivity contribution in [2.24, 2.45) is 5.92 Å². The zero-order valence-corrected chi connectivity index (χ0v) is 16.5. The van der Waals surface area contributed by atoms with E-state index in [2.05, 4.69) is 48.5 Å². The second kappa shape index (κ2) is 7.08. The highest BCUT2D eigenvalue weighted by molar-refractivity contribution is 6.06. The molecule has 1 saturated carbocycles. The van der Waals surface area contributed by atoms with Gasteiger partial charge in [0.1, 0.15) is 0 Å². The molecule has 2 heterocycles. The Morgan fingerprint density at radius 2 is 1.89 bits per heavy atom. The minimum atomic E-state index is -0.330. The molecule has 1 aromatic heterocycles. The molecule has 2 aliphatic rings. The fraction of sp³-hybridized carbons (Fsp3) is 0.478. The summed E-state index contributed by atoms with van der Waals surface area (Å²) in [7, 11) is 0. The fourth-order valence-electron chi connectivity index (χ4n) is 4.81. The van der Waals surface area contributed by atoms with Crippen LogP contribution in [0.1, 0.15) is 62.4 Å². The Morgan fingerprint density at radius 1 is 1.15 bits per heavy atom. The summed E-state index contributed by atoms with van der Waals surface area (Å²) in [5.41, 5.74) is 4.24. The van der Waals surface area contributed by atoms with Crippen LogP contribution in [0, 0.1) is 12.8 Å². The molecule has 4 nitrogen and oxygen atoms in total. The molecule has 2 N–H and O–H groups in total. The molecule has 4 rings (SSSR count). The summed E-state index contributed by atoms with van der Waals surface area (Å²) in [5.74, 6) is 0.646. The minimum Gasteiger partial charge on any atom is -0.325 e. The molecule has 1 aromatic carbocycles. The maximum Gasteiger partial charge on any atom is 0.235 e. The van der Waals surface area contributed by atoms with E-state index >= 15 is 0 Å². The predicted molar refractivity (Wildman–Crippen MR) is 109 cm³/mol. The average Bonchev–Trinajstić information content (AvgIpc) is 2.94. The van der Waals surface area contributed by atoms with Gasteiger partial charge in [-0.05, 0) is 61.8 Å². The Kier molecular flexibility index (Phi) is 4.77. The normalized spacial score (nSPS) is 25.5. The van der Waals surface area contributed by atoms with Gasteiger partial charge in [0.25, 0.3) is 0 Å². The number of anilines is 1. The summed E-state index contributed by atoms with van der Waals surface area (Å²) < 4.78 is 0. The van der Waals surface area contributed by atoms with Crippen LogP contribution in [0.4, 0.5) is 5.69 Å². The second-order valence-corrected chi connectivity index (χ2v) is 8.45. The molecule has 1 spiro atoms. The van der Waals surface area contributed by atoms with Gasteiger partial charge in [-0.3, -0.25) is 9.78 Å². The van der Waals surface area contributed by atoms with Crippen LogP contribution in [0.3, 0.4) is 0 Å². The first kappa shape index (κ1) is 18.2. The molecular formula is C23H29N3O. The number of para-hydroxylation sites is 1. The summed E-state index contributed by atoms with van der Waals surface area (Å²) in [6, 6.07) is 13.0. The first-order valence-electron chi connectivity index (χ1n) is 10.1. The lowest BCUT2D eigenvalue weighted by atomic mass is 9.68. The Labute approximate surface area is 161 Å². The zero-order chi connectivity index (χ0) is 19.0. The number of aromatic nitrogens is 1. The molecular weight excluding hydrogens is 334 g/mol. The summed E-state index contributed by atoms with van der Waals surface area (Å²) in [5, 5.41) is 6.96. The number of aryl methyl sites for hydroxylation is 1. The summed E-state index contributed by atoms with van der Waals surface area (Å²) in [4.78, 5) is 17.4. The number of carbonyl (C=O) groups excluding carboxylic acids is 1. The van der Waals surface area contributed by atoms with Crippen LogP contribution < -0.4 is 10.6 Å². The fourth-order valence-corrected chi connectivity index (χ4v) is 4.81. The number of nitrogens with one attached hydrogen (secondary N) is 2. The molecule has 142 valence electrons. The number of pyridine rings is 1. The van der Waals surface area contributed by atoms with Crippen LogP contribution in [0.5, 0.6) is 0 Å². The van der Waals surface area contributed by atoms with Crippen LogP contribution in [-0.4, -0.2) is 16.9 Å². The number of benzene rings is 1. The molecule has 4 heteroatoms. The Morgan fingerprint density at radius 3 is 2.59 bits per heavy atom. The first-order valence-corrected chi connectivity index (χ1v) is 10.1. The van der Waals surface area contributed by atoms with E-state index in [4.69, 9.17) is 0 Å². The molecule has 0 saturated heterocycles. The van der Waals surface area contributed by atoms with E-state index in [0.717, 1.165) is 37.1 Å². The molecule has 1 fully saturated rings. The van der Waals surface area contributed by atoms with Crippen molar-refractivity contribution in [3.8, 4) is 0 Å². The molecule has 2 aromatic rings. The van der Waals surface area contributed by atoms with Crippen LogP contribution in [0.2, 0.25) is 0 Å². The van der Waals surface area contributed by atoms with Crippen LogP contribution in [-0.2, 0) is 10.2 Å². The molecule has 1 aliphatic carbocycles. The van der Waals surface area contributed by atoms with Crippen LogP contribution in [0.15, 0.2) is 42.6 Å². The van der Waals surface area contributed by atoms with Gasteiger partial charge in [-0.15, -0.1) is 0 Å². The lowest BCUT2D eigenvalue weighted by molar-refractivity contribution is -0.122. The third-order valence-corrected chi connectivity index (χ3v) is 6.39. The molecule has 1 aliphatic heterocycles. The SMILES string of the molecule is Cc1cccnc1C(NC1CCC2(CC1)C(=O)Nc1ccccc12)C(C)C. The van der Waals surface area contributed by atoms with Crippen molar-refractivity contribution in [2.45, 2.75) is 64.0 Å². The standard InChI is InChI=1S/C23H29N3O/c1-15(2)20(21-16(3)7-6-14-24-21)25-17-10-12-23(13-11-17)18-8-4-5-9-19(18)26-22(23)27/h4-9,14-15,17,20,25H,10-13H2,1-3H3,(H,26,27). The van der Waals surface area contributed by atoms with E-state index in [1.807, 2.05) is 30.5 Å². The minimum absolute atomic E-state index is 0.183. The third-order valence-electron chi connectivity index (χ3n) is 6.39. The van der Waals surface area contributed by atoms with Gasteiger partial charge in [-0.25, -0.2) is 0 Å². The van der Waals surface area contributed by atoms with E-state index < -0.39 is 0 Å². The predicted octanol–water partition coefficient (Wildman–Crippen LogP) is 4.51. The van der Waals surface area contributed by atoms with Crippen molar-refractivity contribution in [3.05, 3.63) is 59.4 Å². The molecule has 1 atom stereocenters. The number of fused-ring (bicyclic) bond motifs is 2. The van der Waals surface area contributed by atoms with Crippen LogP contribution >= 0.6 is 0 Å². The zero-order valence-electron chi connectivity index (χ0n) is 16.5. The lowest BCUT2D eigenvalue weighted by Gasteiger charge is -2.38. The quantitative estimate of drug-likeness (QED) is 0.840. The molecule has 0 radical (unpaired) electrons. The summed E-state index contributed by atoms with van der Waals surface area (Å²) in [6.07, 6.45) is 5.71. The van der Waals surface area contributed by atoms with Gasteiger partial charge in [0, 0.05) is 17.9 Å².